The Morgan fingerprint density at radius 2 is 1.36 bits per heavy atom. The number of benzene rings is 2. The Balaban J connectivity index is 1.70. The minimum absolute atomic E-state index is 0.300. The van der Waals surface area contributed by atoms with Crippen molar-refractivity contribution in [3.05, 3.63) is 82.0 Å². The first kappa shape index (κ1) is 30.9. The van der Waals surface area contributed by atoms with Crippen molar-refractivity contribution < 1.29 is 47.3 Å². The Hall–Kier alpha value is -4.09. The van der Waals surface area contributed by atoms with Crippen molar-refractivity contribution >= 4 is 35.2 Å². The van der Waals surface area contributed by atoms with Gasteiger partial charge < -0.3 is 23.7 Å². The third-order valence-electron chi connectivity index (χ3n) is 6.54. The van der Waals surface area contributed by atoms with E-state index in [2.05, 4.69) is 0 Å². The van der Waals surface area contributed by atoms with Crippen molar-refractivity contribution in [3.8, 4) is 10.4 Å². The van der Waals surface area contributed by atoms with Crippen LogP contribution in [0.2, 0.25) is 0 Å². The van der Waals surface area contributed by atoms with Crippen molar-refractivity contribution in [2.45, 2.75) is 71.7 Å². The fraction of sp³-hybridized carbons (Fsp3) is 0.355. The van der Waals surface area contributed by atoms with Crippen LogP contribution in [0.1, 0.15) is 55.4 Å². The van der Waals surface area contributed by atoms with Crippen LogP contribution >= 0.6 is 11.3 Å². The van der Waals surface area contributed by atoms with Crippen LogP contribution in [-0.4, -0.2) is 48.5 Å². The minimum atomic E-state index is -1.45. The van der Waals surface area contributed by atoms with Gasteiger partial charge in [-0.05, 0) is 53.4 Å². The molecule has 1 fully saturated rings. The maximum Gasteiger partial charge on any atom is 0.305 e. The van der Waals surface area contributed by atoms with E-state index in [0.29, 0.717) is 12.0 Å². The lowest BCUT2D eigenvalue weighted by molar-refractivity contribution is -0.298. The maximum atomic E-state index is 13.4. The first-order valence-electron chi connectivity index (χ1n) is 13.2. The number of halogens is 1. The normalized spacial score (nSPS) is 21.7. The van der Waals surface area contributed by atoms with Gasteiger partial charge in [-0.2, -0.15) is 0 Å². The monoisotopic (exact) mass is 598 g/mol. The van der Waals surface area contributed by atoms with Gasteiger partial charge in [0.2, 0.25) is 12.4 Å². The molecule has 0 bridgehead atoms. The highest BCUT2D eigenvalue weighted by Gasteiger charge is 2.53. The Labute approximate surface area is 246 Å². The SMILES string of the molecule is CC(=O)OC1OC(c2ccc(C)c(Cc3ccc(-c4ccc(F)cc4)s3)c2)C(OC(C)=O)C(OC(C)=O)C1OC(C)=O. The molecule has 0 aliphatic carbocycles. The summed E-state index contributed by atoms with van der Waals surface area (Å²) in [5.74, 6) is -3.17. The van der Waals surface area contributed by atoms with Gasteiger partial charge in [-0.3, -0.25) is 19.2 Å². The van der Waals surface area contributed by atoms with Crippen LogP contribution in [-0.2, 0) is 49.3 Å². The smallest absolute Gasteiger partial charge is 0.305 e. The predicted octanol–water partition coefficient (Wildman–Crippen LogP) is 5.21. The van der Waals surface area contributed by atoms with Gasteiger partial charge in [0.1, 0.15) is 11.9 Å². The molecule has 0 amide bonds. The number of thiophene rings is 1. The largest absolute Gasteiger partial charge is 0.455 e. The zero-order valence-corrected chi connectivity index (χ0v) is 24.6. The summed E-state index contributed by atoms with van der Waals surface area (Å²) in [5, 5.41) is 0. The Bertz CT molecular complexity index is 1470. The highest BCUT2D eigenvalue weighted by atomic mass is 32.1. The summed E-state index contributed by atoms with van der Waals surface area (Å²) in [7, 11) is 0. The van der Waals surface area contributed by atoms with Crippen molar-refractivity contribution in [2.24, 2.45) is 0 Å². The molecule has 222 valence electrons. The molecule has 0 saturated carbocycles. The molecular formula is C31H31FO9S. The molecule has 0 radical (unpaired) electrons. The number of carbonyl (C=O) groups excluding carboxylic acids is 4. The van der Waals surface area contributed by atoms with E-state index in [4.69, 9.17) is 23.7 Å². The number of esters is 4. The first-order chi connectivity index (χ1) is 19.9. The standard InChI is InChI=1S/C31H31FO9S/c1-16-6-7-22(14-23(16)15-25-12-13-26(42-25)21-8-10-24(32)11-9-21)27-28(37-17(2)33)29(38-18(3)34)30(39-19(4)35)31(41-27)40-20(5)36/h6-14,27-31H,15H2,1-5H3. The van der Waals surface area contributed by atoms with Crippen LogP contribution < -0.4 is 0 Å². The van der Waals surface area contributed by atoms with Crippen molar-refractivity contribution in [3.63, 3.8) is 0 Å². The molecule has 1 saturated heterocycles. The molecule has 5 unspecified atom stereocenters. The van der Waals surface area contributed by atoms with Crippen LogP contribution in [0.25, 0.3) is 10.4 Å². The second kappa shape index (κ2) is 13.3. The summed E-state index contributed by atoms with van der Waals surface area (Å²) in [4.78, 5) is 50.2. The fourth-order valence-electron chi connectivity index (χ4n) is 4.79. The lowest BCUT2D eigenvalue weighted by Gasteiger charge is -2.44. The maximum absolute atomic E-state index is 13.4. The van der Waals surface area contributed by atoms with Crippen LogP contribution in [0.15, 0.2) is 54.6 Å². The summed E-state index contributed by atoms with van der Waals surface area (Å²) >= 11 is 1.58. The van der Waals surface area contributed by atoms with E-state index < -0.39 is 54.6 Å². The van der Waals surface area contributed by atoms with Crippen LogP contribution in [0.5, 0.6) is 0 Å². The zero-order valence-electron chi connectivity index (χ0n) is 23.8. The molecule has 11 heteroatoms. The van der Waals surface area contributed by atoms with E-state index in [1.165, 1.54) is 19.1 Å². The Morgan fingerprint density at radius 3 is 1.98 bits per heavy atom. The summed E-state index contributed by atoms with van der Waals surface area (Å²) in [6, 6.07) is 15.8. The summed E-state index contributed by atoms with van der Waals surface area (Å²) in [6.07, 6.45) is -5.90. The van der Waals surface area contributed by atoms with Crippen molar-refractivity contribution in [1.29, 1.82) is 0 Å². The third-order valence-corrected chi connectivity index (χ3v) is 7.67. The van der Waals surface area contributed by atoms with E-state index in [1.54, 1.807) is 29.5 Å². The molecule has 0 spiro atoms. The molecule has 1 aliphatic rings. The second-order valence-electron chi connectivity index (χ2n) is 9.89. The molecular weight excluding hydrogens is 567 g/mol. The highest BCUT2D eigenvalue weighted by molar-refractivity contribution is 7.15. The highest BCUT2D eigenvalue weighted by Crippen LogP contribution is 2.39. The average Bonchev–Trinajstić information content (AvgIpc) is 3.36. The molecule has 2 heterocycles. The van der Waals surface area contributed by atoms with Gasteiger partial charge in [-0.15, -0.1) is 11.3 Å². The molecule has 3 aromatic rings. The predicted molar refractivity (Wildman–Crippen MR) is 150 cm³/mol. The first-order valence-corrected chi connectivity index (χ1v) is 14.0. The third kappa shape index (κ3) is 7.59. The van der Waals surface area contributed by atoms with Crippen molar-refractivity contribution in [1.82, 2.24) is 0 Å². The summed E-state index contributed by atoms with van der Waals surface area (Å²) < 4.78 is 41.3. The number of rotatable bonds is 8. The summed E-state index contributed by atoms with van der Waals surface area (Å²) in [6.45, 7) is 6.61. The van der Waals surface area contributed by atoms with Gasteiger partial charge in [0.25, 0.3) is 0 Å². The molecule has 0 N–H and O–H groups in total. The number of hydrogen-bond donors (Lipinski definition) is 0. The number of ether oxygens (including phenoxy) is 5. The summed E-state index contributed by atoms with van der Waals surface area (Å²) in [5.41, 5.74) is 3.41. The van der Waals surface area contributed by atoms with E-state index >= 15 is 0 Å². The number of aryl methyl sites for hydroxylation is 1. The van der Waals surface area contributed by atoms with Gasteiger partial charge in [-0.25, -0.2) is 4.39 Å². The van der Waals surface area contributed by atoms with Gasteiger partial charge in [0.05, 0.1) is 0 Å². The fourth-order valence-corrected chi connectivity index (χ4v) is 5.83. The second-order valence-corrected chi connectivity index (χ2v) is 11.1. The molecule has 1 aromatic heterocycles. The molecule has 4 rings (SSSR count). The number of carbonyl (C=O) groups is 4. The van der Waals surface area contributed by atoms with E-state index in [0.717, 1.165) is 47.2 Å². The topological polar surface area (TPSA) is 114 Å². The lowest BCUT2D eigenvalue weighted by atomic mass is 9.90. The van der Waals surface area contributed by atoms with Crippen LogP contribution in [0.4, 0.5) is 4.39 Å². The number of hydrogen-bond acceptors (Lipinski definition) is 10. The van der Waals surface area contributed by atoms with Crippen LogP contribution in [0.3, 0.4) is 0 Å². The van der Waals surface area contributed by atoms with Crippen LogP contribution in [0, 0.1) is 12.7 Å². The van der Waals surface area contributed by atoms with Gasteiger partial charge in [-0.1, -0.05) is 30.3 Å². The van der Waals surface area contributed by atoms with Crippen molar-refractivity contribution in [2.75, 3.05) is 0 Å². The molecule has 9 nitrogen and oxygen atoms in total. The molecule has 1 aliphatic heterocycles. The van der Waals surface area contributed by atoms with E-state index in [-0.39, 0.29) is 5.82 Å². The average molecular weight is 599 g/mol. The lowest BCUT2D eigenvalue weighted by Crippen LogP contribution is -2.59. The Morgan fingerprint density at radius 1 is 0.762 bits per heavy atom. The molecule has 42 heavy (non-hydrogen) atoms. The molecule has 5 atom stereocenters. The zero-order chi connectivity index (χ0) is 30.6. The van der Waals surface area contributed by atoms with Gasteiger partial charge in [0.15, 0.2) is 12.2 Å². The molecule has 2 aromatic carbocycles. The van der Waals surface area contributed by atoms with Gasteiger partial charge >= 0.3 is 23.9 Å². The van der Waals surface area contributed by atoms with E-state index in [9.17, 15) is 23.6 Å². The van der Waals surface area contributed by atoms with E-state index in [1.807, 2.05) is 31.2 Å². The van der Waals surface area contributed by atoms with Gasteiger partial charge in [0, 0.05) is 43.9 Å². The Kier molecular flexibility index (Phi) is 9.74. The quantitative estimate of drug-likeness (QED) is 0.255. The minimum Gasteiger partial charge on any atom is -0.455 e.